The number of nitrogens with zero attached hydrogens (tertiary/aromatic N) is 1. The molecule has 3 aliphatic rings. The standard InChI is InChI=1S/C60H89N9O17/c1-13-31(4)46(54(79)68-47(32(5)85-59(7,8)9)55(80)66-45(30(2)3)57(81)69-26-18-23-41(69)51(61)76)67-53(78)40(27-43(72)65-56-48(62-33(6)71)50(75)49(74)42(28-70)84-56)63-52(77)39(24-25-44(73)86-60(10,11)12)64-58(82)83-29-38-36-21-16-14-19-34(36)35-20-15-17-22-37(35)38/h14-17,19-22,30-32,38-42,45-50,56,70,74-75H,13,18,23-29H2,1-12H3,(H2,61,76)(H,62,71)(H,63,77)(H,64,82)(H,65,72)(H,66,80)(H,67,78)(H,68,79)/t31-,32+,39-,40-,41-,42+,45-,46-,47-,48+,49+,50+,56+/m0/s1. The third kappa shape index (κ3) is 18.9. The van der Waals surface area contributed by atoms with Gasteiger partial charge in [0, 0.05) is 25.8 Å². The van der Waals surface area contributed by atoms with Crippen LogP contribution in [0.1, 0.15) is 139 Å². The molecule has 1 aliphatic carbocycles. The number of hydrogen-bond donors (Lipinski definition) is 11. The highest BCUT2D eigenvalue weighted by atomic mass is 16.6. The van der Waals surface area contributed by atoms with Crippen LogP contribution in [0, 0.1) is 11.8 Å². The predicted octanol–water partition coefficient (Wildman–Crippen LogP) is 0.787. The molecule has 26 nitrogen and oxygen atoms in total. The third-order valence-electron chi connectivity index (χ3n) is 15.1. The highest BCUT2D eigenvalue weighted by Gasteiger charge is 2.47. The number of primary amides is 1. The lowest BCUT2D eigenvalue weighted by Gasteiger charge is -2.42. The maximum atomic E-state index is 15.0. The van der Waals surface area contributed by atoms with E-state index in [1.165, 1.54) is 11.8 Å². The van der Waals surface area contributed by atoms with Gasteiger partial charge in [0.05, 0.1) is 24.7 Å². The average molecular weight is 1210 g/mol. The maximum Gasteiger partial charge on any atom is 0.407 e. The second kappa shape index (κ2) is 30.4. The molecule has 0 spiro atoms. The van der Waals surface area contributed by atoms with E-state index in [9.17, 15) is 63.3 Å². The monoisotopic (exact) mass is 1210 g/mol. The number of fused-ring (bicyclic) bond motifs is 3. The molecule has 0 aromatic heterocycles. The summed E-state index contributed by atoms with van der Waals surface area (Å²) < 4.78 is 23.1. The van der Waals surface area contributed by atoms with Crippen molar-refractivity contribution in [1.29, 1.82) is 0 Å². The van der Waals surface area contributed by atoms with Crippen molar-refractivity contribution in [2.24, 2.45) is 17.6 Å². The molecule has 0 bridgehead atoms. The van der Waals surface area contributed by atoms with E-state index < -0.39 is 187 Å². The summed E-state index contributed by atoms with van der Waals surface area (Å²) in [7, 11) is 0. The van der Waals surface area contributed by atoms with Gasteiger partial charge in [0.15, 0.2) is 6.23 Å². The van der Waals surface area contributed by atoms with Crippen LogP contribution in [-0.2, 0) is 62.1 Å². The summed E-state index contributed by atoms with van der Waals surface area (Å²) in [6.45, 7) is 18.6. The molecule has 13 atom stereocenters. The second-order valence-corrected chi connectivity index (χ2v) is 24.6. The molecule has 2 aromatic carbocycles. The van der Waals surface area contributed by atoms with Gasteiger partial charge in [-0.2, -0.15) is 0 Å². The molecule has 2 aliphatic heterocycles. The Morgan fingerprint density at radius 3 is 1.85 bits per heavy atom. The Bertz CT molecular complexity index is 2720. The van der Waals surface area contributed by atoms with Crippen molar-refractivity contribution in [3.63, 3.8) is 0 Å². The maximum absolute atomic E-state index is 15.0. The Kier molecular flexibility index (Phi) is 24.6. The number of carbonyl (C=O) groups excluding carboxylic acids is 10. The fourth-order valence-electron chi connectivity index (χ4n) is 10.7. The first kappa shape index (κ1) is 69.5. The summed E-state index contributed by atoms with van der Waals surface area (Å²) in [6.07, 6.45) is -9.60. The fourth-order valence-corrected chi connectivity index (χ4v) is 10.7. The summed E-state index contributed by atoms with van der Waals surface area (Å²) in [4.78, 5) is 140. The Labute approximate surface area is 501 Å². The summed E-state index contributed by atoms with van der Waals surface area (Å²) in [5.74, 6) is -9.51. The summed E-state index contributed by atoms with van der Waals surface area (Å²) in [5, 5.41) is 49.5. The van der Waals surface area contributed by atoms with Crippen LogP contribution in [0.5, 0.6) is 0 Å². The van der Waals surface area contributed by atoms with Crippen molar-refractivity contribution in [2.45, 2.75) is 212 Å². The van der Waals surface area contributed by atoms with Gasteiger partial charge in [0.2, 0.25) is 47.3 Å². The number of amides is 9. The van der Waals surface area contributed by atoms with Gasteiger partial charge in [0.25, 0.3) is 0 Å². The largest absolute Gasteiger partial charge is 0.460 e. The number of carbonyl (C=O) groups is 10. The van der Waals surface area contributed by atoms with E-state index in [0.29, 0.717) is 12.8 Å². The van der Waals surface area contributed by atoms with Crippen LogP contribution in [-0.4, -0.2) is 183 Å². The zero-order valence-corrected chi connectivity index (χ0v) is 51.2. The first-order valence-electron chi connectivity index (χ1n) is 29.3. The number of likely N-dealkylation sites (tertiary alicyclic amines) is 1. The van der Waals surface area contributed by atoms with E-state index in [4.69, 9.17) is 24.7 Å². The van der Waals surface area contributed by atoms with Crippen LogP contribution in [0.15, 0.2) is 48.5 Å². The normalized spacial score (nSPS) is 21.8. The van der Waals surface area contributed by atoms with E-state index >= 15 is 0 Å². The molecule has 26 heteroatoms. The van der Waals surface area contributed by atoms with Crippen LogP contribution < -0.4 is 43.0 Å². The van der Waals surface area contributed by atoms with Gasteiger partial charge >= 0.3 is 12.1 Å². The van der Waals surface area contributed by atoms with E-state index in [1.54, 1.807) is 69.2 Å². The fraction of sp³-hybridized carbons (Fsp3) is 0.633. The minimum Gasteiger partial charge on any atom is -0.460 e. The quantitative estimate of drug-likeness (QED) is 0.0580. The molecule has 5 rings (SSSR count). The van der Waals surface area contributed by atoms with Crippen LogP contribution in [0.25, 0.3) is 11.1 Å². The molecule has 0 radical (unpaired) electrons. The van der Waals surface area contributed by atoms with E-state index in [2.05, 4.69) is 37.2 Å². The smallest absolute Gasteiger partial charge is 0.407 e. The first-order valence-corrected chi connectivity index (χ1v) is 29.3. The number of alkyl carbamates (subject to hydrolysis) is 1. The number of aliphatic hydroxyl groups is 3. The molecule has 9 amide bonds. The molecule has 0 saturated carbocycles. The topological polar surface area (TPSA) is 382 Å². The molecule has 476 valence electrons. The van der Waals surface area contributed by atoms with Crippen molar-refractivity contribution >= 4 is 59.3 Å². The van der Waals surface area contributed by atoms with Crippen molar-refractivity contribution in [2.75, 3.05) is 19.8 Å². The van der Waals surface area contributed by atoms with Gasteiger partial charge in [-0.1, -0.05) is 82.6 Å². The molecular formula is C60H89N9O17. The lowest BCUT2D eigenvalue weighted by atomic mass is 9.95. The second-order valence-electron chi connectivity index (χ2n) is 24.6. The zero-order valence-electron chi connectivity index (χ0n) is 51.2. The third-order valence-corrected chi connectivity index (χ3v) is 15.1. The van der Waals surface area contributed by atoms with E-state index in [0.717, 1.165) is 29.2 Å². The van der Waals surface area contributed by atoms with Crippen molar-refractivity contribution in [3.05, 3.63) is 59.7 Å². The number of rotatable bonds is 26. The summed E-state index contributed by atoms with van der Waals surface area (Å²) >= 11 is 0. The van der Waals surface area contributed by atoms with E-state index in [1.807, 2.05) is 48.5 Å². The van der Waals surface area contributed by atoms with Crippen molar-refractivity contribution < 1.29 is 82.2 Å². The molecule has 12 N–H and O–H groups in total. The van der Waals surface area contributed by atoms with E-state index in [-0.39, 0.29) is 19.6 Å². The number of ether oxygens (including phenoxy) is 4. The Balaban J connectivity index is 1.48. The highest BCUT2D eigenvalue weighted by molar-refractivity contribution is 5.98. The minimum absolute atomic E-state index is 0.174. The molecule has 2 heterocycles. The molecule has 86 heavy (non-hydrogen) atoms. The number of nitrogens with one attached hydrogen (secondary N) is 7. The van der Waals surface area contributed by atoms with Gasteiger partial charge in [0.1, 0.15) is 72.8 Å². The van der Waals surface area contributed by atoms with Gasteiger partial charge in [-0.25, -0.2) is 4.79 Å². The van der Waals surface area contributed by atoms with Gasteiger partial charge in [-0.05, 0) is 102 Å². The van der Waals surface area contributed by atoms with Crippen LogP contribution in [0.3, 0.4) is 0 Å². The van der Waals surface area contributed by atoms with Crippen molar-refractivity contribution in [3.8, 4) is 11.1 Å². The minimum atomic E-state index is -1.96. The number of hydrogen-bond acceptors (Lipinski definition) is 17. The number of esters is 1. The number of benzene rings is 2. The predicted molar refractivity (Wildman–Crippen MR) is 311 cm³/mol. The molecular weight excluding hydrogens is 1120 g/mol. The highest BCUT2D eigenvalue weighted by Crippen LogP contribution is 2.44. The Hall–Kier alpha value is -7.26. The molecule has 2 aromatic rings. The summed E-state index contributed by atoms with van der Waals surface area (Å²) in [6, 6.07) is 4.94. The number of aliphatic hydroxyl groups excluding tert-OH is 3. The van der Waals surface area contributed by atoms with Crippen molar-refractivity contribution in [1.82, 2.24) is 42.1 Å². The molecule has 2 saturated heterocycles. The lowest BCUT2D eigenvalue weighted by Crippen LogP contribution is -2.68. The average Bonchev–Trinajstić information content (AvgIpc) is 1.74. The molecule has 0 unspecified atom stereocenters. The van der Waals surface area contributed by atoms with Gasteiger partial charge in [-0.3, -0.25) is 43.2 Å². The van der Waals surface area contributed by atoms with Crippen LogP contribution >= 0.6 is 0 Å². The Morgan fingerprint density at radius 1 is 0.733 bits per heavy atom. The molecule has 2 fully saturated rings. The summed E-state index contributed by atoms with van der Waals surface area (Å²) in [5.41, 5.74) is 7.50. The number of nitrogens with two attached hydrogens (primary N) is 1. The van der Waals surface area contributed by atoms with Gasteiger partial charge in [-0.15, -0.1) is 0 Å². The zero-order chi connectivity index (χ0) is 64.1. The van der Waals surface area contributed by atoms with Crippen LogP contribution in [0.2, 0.25) is 0 Å². The lowest BCUT2D eigenvalue weighted by molar-refractivity contribution is -0.203. The van der Waals surface area contributed by atoms with Gasteiger partial charge < -0.3 is 82.1 Å². The SMILES string of the molecule is CC[C@H](C)[C@H](NC(=O)[C@H](CC(=O)N[C@@H]1O[C@H](CO)[C@@H](O)[C@H](O)[C@H]1NC(C)=O)NC(=O)[C@H](CCC(=O)OC(C)(C)C)NC(=O)OCC1c2ccccc2-c2ccccc21)C(=O)N[C@H](C(=O)N[C@H](C(=O)N1CCC[C@H]1C(N)=O)C(C)C)[C@@H](C)OC(C)(C)C. The Morgan fingerprint density at radius 2 is 1.30 bits per heavy atom. The first-order chi connectivity index (χ1) is 40.2. The van der Waals surface area contributed by atoms with Crippen LogP contribution in [0.4, 0.5) is 4.79 Å².